The van der Waals surface area contributed by atoms with Crippen molar-refractivity contribution in [2.75, 3.05) is 0 Å². The Kier molecular flexibility index (Phi) is 5.96. The Balaban J connectivity index is 1.98. The zero-order valence-corrected chi connectivity index (χ0v) is 13.8. The summed E-state index contributed by atoms with van der Waals surface area (Å²) in [7, 11) is -4.65. The highest BCUT2D eigenvalue weighted by atomic mass is 31.2. The van der Waals surface area contributed by atoms with Crippen LogP contribution in [0.1, 0.15) is 18.4 Å². The molecule has 24 heavy (non-hydrogen) atoms. The molecule has 0 bridgehead atoms. The second kappa shape index (κ2) is 7.77. The Morgan fingerprint density at radius 1 is 1.17 bits per heavy atom. The fourth-order valence-electron chi connectivity index (χ4n) is 2.53. The summed E-state index contributed by atoms with van der Waals surface area (Å²) in [6.07, 6.45) is 4.85. The number of aliphatic hydroxyl groups excluding tert-OH is 2. The van der Waals surface area contributed by atoms with Crippen LogP contribution in [0.15, 0.2) is 53.0 Å². The van der Waals surface area contributed by atoms with E-state index >= 15 is 0 Å². The Labute approximate surface area is 139 Å². The average molecular weight is 353 g/mol. The Morgan fingerprint density at radius 2 is 1.83 bits per heavy atom. The molecule has 0 aliphatic heterocycles. The van der Waals surface area contributed by atoms with Crippen LogP contribution in [0.4, 0.5) is 0 Å². The molecule has 0 saturated carbocycles. The topological polar surface area (TPSA) is 131 Å². The molecular formula is C16H20NO6P. The zero-order valence-electron chi connectivity index (χ0n) is 12.9. The lowest BCUT2D eigenvalue weighted by Crippen LogP contribution is -2.27. The summed E-state index contributed by atoms with van der Waals surface area (Å²) in [4.78, 5) is 18.0. The highest BCUT2D eigenvalue weighted by Gasteiger charge is 2.26. The van der Waals surface area contributed by atoms with Crippen molar-refractivity contribution in [1.82, 2.24) is 0 Å². The van der Waals surface area contributed by atoms with Gasteiger partial charge in [0.2, 0.25) is 0 Å². The van der Waals surface area contributed by atoms with Crippen molar-refractivity contribution in [2.45, 2.75) is 25.4 Å². The van der Waals surface area contributed by atoms with Crippen LogP contribution in [0.5, 0.6) is 5.75 Å². The van der Waals surface area contributed by atoms with Gasteiger partial charge in [-0.25, -0.2) is 4.57 Å². The van der Waals surface area contributed by atoms with Crippen LogP contribution in [-0.2, 0) is 11.0 Å². The second-order valence-corrected chi connectivity index (χ2v) is 6.84. The van der Waals surface area contributed by atoms with Crippen molar-refractivity contribution in [2.24, 2.45) is 10.7 Å². The van der Waals surface area contributed by atoms with Crippen LogP contribution in [-0.4, -0.2) is 36.9 Å². The molecule has 1 aromatic carbocycles. The number of rotatable bonds is 6. The number of aromatic hydroxyl groups is 1. The maximum absolute atomic E-state index is 11.1. The van der Waals surface area contributed by atoms with Gasteiger partial charge in [0, 0.05) is 12.0 Å². The molecule has 2 rings (SSSR count). The largest absolute Gasteiger partial charge is 0.508 e. The monoisotopic (exact) mass is 353 g/mol. The van der Waals surface area contributed by atoms with Gasteiger partial charge < -0.3 is 25.1 Å². The molecule has 0 fully saturated rings. The summed E-state index contributed by atoms with van der Waals surface area (Å²) in [5.74, 6) is -0.668. The van der Waals surface area contributed by atoms with Crippen molar-refractivity contribution in [1.29, 1.82) is 0 Å². The van der Waals surface area contributed by atoms with E-state index in [2.05, 4.69) is 4.76 Å². The van der Waals surface area contributed by atoms with Crippen LogP contribution < -0.4 is 0 Å². The molecule has 7 nitrogen and oxygen atoms in total. The minimum atomic E-state index is -4.65. The van der Waals surface area contributed by atoms with E-state index < -0.39 is 19.8 Å². The first-order valence-electron chi connectivity index (χ1n) is 7.45. The molecule has 0 saturated heterocycles. The average Bonchev–Trinajstić information content (AvgIpc) is 2.47. The predicted octanol–water partition coefficient (Wildman–Crippen LogP) is 2.24. The summed E-state index contributed by atoms with van der Waals surface area (Å²) >= 11 is 0. The number of benzene rings is 1. The van der Waals surface area contributed by atoms with Crippen LogP contribution in [0.2, 0.25) is 0 Å². The molecule has 0 spiro atoms. The molecule has 0 aromatic heterocycles. The van der Waals surface area contributed by atoms with Gasteiger partial charge >= 0.3 is 7.75 Å². The van der Waals surface area contributed by atoms with E-state index in [0.29, 0.717) is 19.3 Å². The van der Waals surface area contributed by atoms with Gasteiger partial charge in [-0.15, -0.1) is 0 Å². The first-order chi connectivity index (χ1) is 11.2. The van der Waals surface area contributed by atoms with Crippen molar-refractivity contribution in [3.8, 4) is 5.75 Å². The number of hydrogen-bond donors (Lipinski definition) is 5. The normalized spacial score (nSPS) is 20.9. The molecule has 8 heteroatoms. The number of allylic oxidation sites excluding steroid dienone is 2. The first kappa shape index (κ1) is 18.4. The highest BCUT2D eigenvalue weighted by Crippen LogP contribution is 2.38. The standard InChI is InChI=1S/C16H20NO6P/c18-12-6-4-11(5-7-12)2-1-3-16(20)14-9-8-13(19)10-15(14)17-24(21,22)23/h4-10,14,16,18-20H,1-3H2,(H2,21,22,23)/b17-15+. The van der Waals surface area contributed by atoms with Gasteiger partial charge in [0.25, 0.3) is 0 Å². The molecule has 0 radical (unpaired) electrons. The van der Waals surface area contributed by atoms with Crippen LogP contribution in [0.3, 0.4) is 0 Å². The van der Waals surface area contributed by atoms with Gasteiger partial charge in [0.15, 0.2) is 0 Å². The van der Waals surface area contributed by atoms with Crippen molar-refractivity contribution in [3.63, 3.8) is 0 Å². The van der Waals surface area contributed by atoms with Crippen LogP contribution in [0.25, 0.3) is 0 Å². The lowest BCUT2D eigenvalue weighted by atomic mass is 9.89. The molecular weight excluding hydrogens is 333 g/mol. The van der Waals surface area contributed by atoms with Gasteiger partial charge in [-0.2, -0.15) is 4.76 Å². The van der Waals surface area contributed by atoms with Crippen molar-refractivity contribution < 1.29 is 29.7 Å². The number of aryl methyl sites for hydroxylation is 1. The quantitative estimate of drug-likeness (QED) is 0.499. The minimum Gasteiger partial charge on any atom is -0.508 e. The number of aliphatic hydroxyl groups is 2. The Morgan fingerprint density at radius 3 is 2.46 bits per heavy atom. The summed E-state index contributed by atoms with van der Waals surface area (Å²) < 4.78 is 14.4. The SMILES string of the molecule is O=P(O)(O)/N=C1\C=C(O)C=CC1C(O)CCCc1ccc(O)cc1. The summed E-state index contributed by atoms with van der Waals surface area (Å²) in [5, 5.41) is 29.0. The third kappa shape index (κ3) is 5.62. The van der Waals surface area contributed by atoms with E-state index in [0.717, 1.165) is 11.6 Å². The zero-order chi connectivity index (χ0) is 17.7. The Hall–Kier alpha value is -1.92. The molecule has 0 heterocycles. The minimum absolute atomic E-state index is 0.0412. The van der Waals surface area contributed by atoms with E-state index in [-0.39, 0.29) is 17.2 Å². The smallest absolute Gasteiger partial charge is 0.448 e. The van der Waals surface area contributed by atoms with Gasteiger partial charge in [-0.05, 0) is 43.0 Å². The fourth-order valence-corrected chi connectivity index (χ4v) is 3.02. The molecule has 2 atom stereocenters. The summed E-state index contributed by atoms with van der Waals surface area (Å²) in [6.45, 7) is 0. The van der Waals surface area contributed by atoms with Gasteiger partial charge in [0.1, 0.15) is 11.5 Å². The van der Waals surface area contributed by atoms with Gasteiger partial charge in [0.05, 0.1) is 11.8 Å². The first-order valence-corrected chi connectivity index (χ1v) is 9.01. The molecule has 1 aliphatic rings. The number of phenolic OH excluding ortho intramolecular Hbond substituents is 1. The van der Waals surface area contributed by atoms with Crippen LogP contribution >= 0.6 is 7.75 Å². The predicted molar refractivity (Wildman–Crippen MR) is 89.9 cm³/mol. The third-order valence-electron chi connectivity index (χ3n) is 3.67. The van der Waals surface area contributed by atoms with Crippen molar-refractivity contribution in [3.05, 3.63) is 53.8 Å². The van der Waals surface area contributed by atoms with E-state index in [9.17, 15) is 19.9 Å². The van der Waals surface area contributed by atoms with Gasteiger partial charge in [-0.1, -0.05) is 18.2 Å². The molecule has 130 valence electrons. The van der Waals surface area contributed by atoms with Crippen molar-refractivity contribution >= 4 is 13.5 Å². The fraction of sp³-hybridized carbons (Fsp3) is 0.312. The lowest BCUT2D eigenvalue weighted by molar-refractivity contribution is 0.143. The molecule has 1 aromatic rings. The number of hydrogen-bond acceptors (Lipinski definition) is 4. The second-order valence-electron chi connectivity index (χ2n) is 5.62. The van der Waals surface area contributed by atoms with E-state index in [1.165, 1.54) is 12.2 Å². The summed E-state index contributed by atoms with van der Waals surface area (Å²) in [5.41, 5.74) is 0.973. The maximum atomic E-state index is 11.1. The van der Waals surface area contributed by atoms with E-state index in [1.807, 2.05) is 0 Å². The molecule has 2 unspecified atom stereocenters. The van der Waals surface area contributed by atoms with Crippen LogP contribution in [0, 0.1) is 5.92 Å². The highest BCUT2D eigenvalue weighted by molar-refractivity contribution is 7.50. The van der Waals surface area contributed by atoms with E-state index in [1.54, 1.807) is 24.3 Å². The third-order valence-corrected chi connectivity index (χ3v) is 4.17. The molecule has 5 N–H and O–H groups in total. The molecule has 1 aliphatic carbocycles. The lowest BCUT2D eigenvalue weighted by Gasteiger charge is -2.22. The number of phenols is 1. The summed E-state index contributed by atoms with van der Waals surface area (Å²) in [6, 6.07) is 6.77. The number of nitrogens with zero attached hydrogens (tertiary/aromatic N) is 1. The molecule has 0 amide bonds. The van der Waals surface area contributed by atoms with Gasteiger partial charge in [-0.3, -0.25) is 0 Å². The van der Waals surface area contributed by atoms with E-state index in [4.69, 9.17) is 9.79 Å². The Bertz CT molecular complexity index is 704. The maximum Gasteiger partial charge on any atom is 0.448 e.